The molecule has 0 aromatic heterocycles. The van der Waals surface area contributed by atoms with Crippen LogP contribution in [0.15, 0.2) is 29.4 Å². The van der Waals surface area contributed by atoms with E-state index in [1.807, 2.05) is 6.26 Å². The van der Waals surface area contributed by atoms with E-state index >= 15 is 0 Å². The maximum absolute atomic E-state index is 8.46. The maximum Gasteiger partial charge on any atom is 0.170 e. The van der Waals surface area contributed by atoms with Crippen molar-refractivity contribution in [3.8, 4) is 5.75 Å². The predicted octanol–water partition coefficient (Wildman–Crippen LogP) is 1.52. The largest absolute Gasteiger partial charge is 0.493 e. The van der Waals surface area contributed by atoms with Crippen LogP contribution in [0.3, 0.4) is 0 Å². The molecular formula is C10H14N2O2S. The molecule has 0 radical (unpaired) electrons. The smallest absolute Gasteiger partial charge is 0.170 e. The molecule has 0 aliphatic carbocycles. The molecule has 1 aromatic rings. The summed E-state index contributed by atoms with van der Waals surface area (Å²) >= 11 is 1.74. The van der Waals surface area contributed by atoms with Gasteiger partial charge in [-0.25, -0.2) is 0 Å². The van der Waals surface area contributed by atoms with E-state index in [2.05, 4.69) is 5.16 Å². The zero-order chi connectivity index (χ0) is 11.1. The lowest BCUT2D eigenvalue weighted by Gasteiger charge is -2.05. The normalized spacial score (nSPS) is 11.4. The van der Waals surface area contributed by atoms with Crippen molar-refractivity contribution in [1.82, 2.24) is 0 Å². The molecule has 0 unspecified atom stereocenters. The van der Waals surface area contributed by atoms with Crippen LogP contribution in [0.5, 0.6) is 5.75 Å². The number of hydrogen-bond donors (Lipinski definition) is 2. The molecule has 0 aliphatic rings. The third-order valence-corrected chi connectivity index (χ3v) is 2.39. The fourth-order valence-corrected chi connectivity index (χ4v) is 1.27. The summed E-state index contributed by atoms with van der Waals surface area (Å²) in [5.41, 5.74) is 6.10. The number of hydrogen-bond acceptors (Lipinski definition) is 4. The highest BCUT2D eigenvalue weighted by molar-refractivity contribution is 7.98. The Morgan fingerprint density at radius 2 is 2.13 bits per heavy atom. The molecule has 5 heteroatoms. The highest BCUT2D eigenvalue weighted by atomic mass is 32.2. The summed E-state index contributed by atoms with van der Waals surface area (Å²) < 4.78 is 5.45. The van der Waals surface area contributed by atoms with Crippen molar-refractivity contribution in [3.63, 3.8) is 0 Å². The number of amidine groups is 1. The van der Waals surface area contributed by atoms with Gasteiger partial charge in [-0.2, -0.15) is 11.8 Å². The lowest BCUT2D eigenvalue weighted by Crippen LogP contribution is -2.12. The average molecular weight is 226 g/mol. The Bertz CT molecular complexity index is 325. The number of rotatable bonds is 5. The van der Waals surface area contributed by atoms with Crippen LogP contribution in [0.4, 0.5) is 0 Å². The Kier molecular flexibility index (Phi) is 4.83. The molecule has 1 aromatic carbocycles. The first kappa shape index (κ1) is 11.7. The van der Waals surface area contributed by atoms with Gasteiger partial charge in [-0.3, -0.25) is 0 Å². The molecule has 0 heterocycles. The molecule has 3 N–H and O–H groups in total. The van der Waals surface area contributed by atoms with Crippen molar-refractivity contribution in [2.24, 2.45) is 10.9 Å². The zero-order valence-electron chi connectivity index (χ0n) is 8.51. The quantitative estimate of drug-likeness (QED) is 0.263. The standard InChI is InChI=1S/C10H14N2O2S/c1-15-7-6-14-9-4-2-8(3-5-9)10(11)12-13/h2-5,13H,6-7H2,1H3,(H2,11,12). The minimum Gasteiger partial charge on any atom is -0.493 e. The Balaban J connectivity index is 2.56. The second-order valence-corrected chi connectivity index (χ2v) is 3.84. The second kappa shape index (κ2) is 6.19. The van der Waals surface area contributed by atoms with Crippen molar-refractivity contribution in [2.45, 2.75) is 0 Å². The highest BCUT2D eigenvalue weighted by Crippen LogP contribution is 2.12. The van der Waals surface area contributed by atoms with Crippen molar-refractivity contribution in [3.05, 3.63) is 29.8 Å². The summed E-state index contributed by atoms with van der Waals surface area (Å²) in [6, 6.07) is 7.11. The Morgan fingerprint density at radius 1 is 1.47 bits per heavy atom. The number of oxime groups is 1. The van der Waals surface area contributed by atoms with Crippen LogP contribution in [0.1, 0.15) is 5.56 Å². The molecule has 0 aliphatic heterocycles. The SMILES string of the molecule is CSCCOc1ccc(/C(N)=N/O)cc1. The van der Waals surface area contributed by atoms with Gasteiger partial charge in [0.15, 0.2) is 5.84 Å². The van der Waals surface area contributed by atoms with Gasteiger partial charge in [0.2, 0.25) is 0 Å². The van der Waals surface area contributed by atoms with Crippen LogP contribution in [0.25, 0.3) is 0 Å². The van der Waals surface area contributed by atoms with Crippen LogP contribution in [0.2, 0.25) is 0 Å². The van der Waals surface area contributed by atoms with E-state index in [1.165, 1.54) is 0 Å². The Morgan fingerprint density at radius 3 is 2.67 bits per heavy atom. The van der Waals surface area contributed by atoms with E-state index in [1.54, 1.807) is 36.0 Å². The molecule has 0 saturated heterocycles. The van der Waals surface area contributed by atoms with Gasteiger partial charge in [-0.1, -0.05) is 5.16 Å². The van der Waals surface area contributed by atoms with Gasteiger partial charge in [-0.05, 0) is 30.5 Å². The number of ether oxygens (including phenoxy) is 1. The molecule has 0 fully saturated rings. The summed E-state index contributed by atoms with van der Waals surface area (Å²) in [5.74, 6) is 1.85. The molecule has 82 valence electrons. The third kappa shape index (κ3) is 3.71. The van der Waals surface area contributed by atoms with Gasteiger partial charge < -0.3 is 15.7 Å². The lowest BCUT2D eigenvalue weighted by molar-refractivity contribution is 0.318. The number of thioether (sulfide) groups is 1. The number of nitrogens with zero attached hydrogens (tertiary/aromatic N) is 1. The van der Waals surface area contributed by atoms with Gasteiger partial charge in [0.1, 0.15) is 5.75 Å². The van der Waals surface area contributed by atoms with Gasteiger partial charge >= 0.3 is 0 Å². The fraction of sp³-hybridized carbons (Fsp3) is 0.300. The molecule has 4 nitrogen and oxygen atoms in total. The predicted molar refractivity (Wildman–Crippen MR) is 62.8 cm³/mol. The molecule has 0 saturated carbocycles. The fourth-order valence-electron chi connectivity index (χ4n) is 1.02. The molecular weight excluding hydrogens is 212 g/mol. The summed E-state index contributed by atoms with van der Waals surface area (Å²) in [7, 11) is 0. The first-order valence-corrected chi connectivity index (χ1v) is 5.87. The second-order valence-electron chi connectivity index (χ2n) is 2.85. The summed E-state index contributed by atoms with van der Waals surface area (Å²) in [6.45, 7) is 0.685. The minimum absolute atomic E-state index is 0.102. The van der Waals surface area contributed by atoms with Crippen molar-refractivity contribution in [1.29, 1.82) is 0 Å². The lowest BCUT2D eigenvalue weighted by atomic mass is 10.2. The Labute approximate surface area is 93.1 Å². The molecule has 0 spiro atoms. The van der Waals surface area contributed by atoms with E-state index in [-0.39, 0.29) is 5.84 Å². The first-order chi connectivity index (χ1) is 7.27. The van der Waals surface area contributed by atoms with Crippen molar-refractivity contribution < 1.29 is 9.94 Å². The van der Waals surface area contributed by atoms with Gasteiger partial charge in [0, 0.05) is 11.3 Å². The van der Waals surface area contributed by atoms with E-state index in [0.29, 0.717) is 12.2 Å². The first-order valence-electron chi connectivity index (χ1n) is 4.47. The molecule has 15 heavy (non-hydrogen) atoms. The topological polar surface area (TPSA) is 67.8 Å². The minimum atomic E-state index is 0.102. The van der Waals surface area contributed by atoms with Crippen molar-refractivity contribution >= 4 is 17.6 Å². The van der Waals surface area contributed by atoms with Gasteiger partial charge in [-0.15, -0.1) is 0 Å². The highest BCUT2D eigenvalue weighted by Gasteiger charge is 1.99. The maximum atomic E-state index is 8.46. The molecule has 1 rings (SSSR count). The van der Waals surface area contributed by atoms with Crippen LogP contribution in [0, 0.1) is 0 Å². The number of benzene rings is 1. The van der Waals surface area contributed by atoms with Gasteiger partial charge in [0.05, 0.1) is 6.61 Å². The van der Waals surface area contributed by atoms with Crippen LogP contribution >= 0.6 is 11.8 Å². The van der Waals surface area contributed by atoms with E-state index < -0.39 is 0 Å². The van der Waals surface area contributed by atoms with E-state index in [9.17, 15) is 0 Å². The third-order valence-electron chi connectivity index (χ3n) is 1.81. The van der Waals surface area contributed by atoms with Crippen LogP contribution in [-0.4, -0.2) is 29.7 Å². The van der Waals surface area contributed by atoms with E-state index in [4.69, 9.17) is 15.7 Å². The average Bonchev–Trinajstić information content (AvgIpc) is 2.29. The molecule has 0 atom stereocenters. The summed E-state index contributed by atoms with van der Waals surface area (Å²) in [6.07, 6.45) is 2.03. The Hall–Kier alpha value is -1.36. The summed E-state index contributed by atoms with van der Waals surface area (Å²) in [4.78, 5) is 0. The van der Waals surface area contributed by atoms with Crippen LogP contribution in [-0.2, 0) is 0 Å². The zero-order valence-corrected chi connectivity index (χ0v) is 9.33. The number of nitrogens with two attached hydrogens (primary N) is 1. The molecule has 0 amide bonds. The van der Waals surface area contributed by atoms with Gasteiger partial charge in [0.25, 0.3) is 0 Å². The monoisotopic (exact) mass is 226 g/mol. The van der Waals surface area contributed by atoms with E-state index in [0.717, 1.165) is 11.5 Å². The van der Waals surface area contributed by atoms with Crippen LogP contribution < -0.4 is 10.5 Å². The molecule has 0 bridgehead atoms. The summed E-state index contributed by atoms with van der Waals surface area (Å²) in [5, 5.41) is 11.4. The van der Waals surface area contributed by atoms with Crippen molar-refractivity contribution in [2.75, 3.05) is 18.6 Å².